The molecule has 2 amide bonds. The van der Waals surface area contributed by atoms with Gasteiger partial charge in [-0.25, -0.2) is 8.78 Å². The number of amides is 2. The number of unbranched alkanes of at least 4 members (excludes halogenated alkanes) is 1. The summed E-state index contributed by atoms with van der Waals surface area (Å²) in [5.41, 5.74) is 14.7. The van der Waals surface area contributed by atoms with Crippen molar-refractivity contribution in [1.29, 1.82) is 0 Å². The van der Waals surface area contributed by atoms with E-state index in [1.807, 2.05) is 43.3 Å². The predicted molar refractivity (Wildman–Crippen MR) is 184 cm³/mol. The number of ketones is 1. The third-order valence-electron chi connectivity index (χ3n) is 7.44. The van der Waals surface area contributed by atoms with Crippen LogP contribution in [0.2, 0.25) is 0 Å². The topological polar surface area (TPSA) is 165 Å². The zero-order chi connectivity index (χ0) is 35.3. The second kappa shape index (κ2) is 17.5. The Morgan fingerprint density at radius 3 is 2.06 bits per heavy atom. The lowest BCUT2D eigenvalue weighted by atomic mass is 10.0. The highest BCUT2D eigenvalue weighted by Crippen LogP contribution is 2.25. The monoisotopic (exact) mass is 671 g/mol. The lowest BCUT2D eigenvalue weighted by molar-refractivity contribution is -0.123. The number of nitrogens with zero attached hydrogens (tertiary/aromatic N) is 3. The molecule has 49 heavy (non-hydrogen) atoms. The van der Waals surface area contributed by atoms with Gasteiger partial charge in [0.15, 0.2) is 23.2 Å². The molecule has 0 radical (unpaired) electrons. The lowest BCUT2D eigenvalue weighted by Crippen LogP contribution is -2.43. The van der Waals surface area contributed by atoms with Crippen molar-refractivity contribution < 1.29 is 27.9 Å². The second-order valence-electron chi connectivity index (χ2n) is 11.4. The van der Waals surface area contributed by atoms with Crippen LogP contribution in [0.4, 0.5) is 31.5 Å². The quantitative estimate of drug-likeness (QED) is 0.0661. The first-order chi connectivity index (χ1) is 23.5. The van der Waals surface area contributed by atoms with Gasteiger partial charge in [-0.3, -0.25) is 14.4 Å². The van der Waals surface area contributed by atoms with Gasteiger partial charge >= 0.3 is 0 Å². The number of rotatable bonds is 16. The molecule has 0 bridgehead atoms. The first kappa shape index (κ1) is 36.2. The van der Waals surface area contributed by atoms with Crippen LogP contribution in [0, 0.1) is 11.6 Å². The molecular weight excluding hydrogens is 632 g/mol. The summed E-state index contributed by atoms with van der Waals surface area (Å²) in [6, 6.07) is 21.2. The van der Waals surface area contributed by atoms with Gasteiger partial charge < -0.3 is 31.7 Å². The largest absolute Gasteiger partial charge is 0.480 e. The molecule has 6 N–H and O–H groups in total. The number of carbonyl (C=O) groups excluding carboxylic acids is 3. The summed E-state index contributed by atoms with van der Waals surface area (Å²) >= 11 is 0. The van der Waals surface area contributed by atoms with Crippen LogP contribution in [0.1, 0.15) is 45.5 Å². The fraction of sp³-hybridized carbons (Fsp3) is 0.250. The second-order valence-corrected chi connectivity index (χ2v) is 11.4. The van der Waals surface area contributed by atoms with Crippen molar-refractivity contribution in [2.24, 2.45) is 16.0 Å². The summed E-state index contributed by atoms with van der Waals surface area (Å²) in [4.78, 5) is 40.4. The molecule has 0 saturated carbocycles. The molecular formula is C36H39F2N7O4. The summed E-state index contributed by atoms with van der Waals surface area (Å²) in [6.07, 6.45) is 1.41. The van der Waals surface area contributed by atoms with Crippen LogP contribution in [0.3, 0.4) is 0 Å². The maximum atomic E-state index is 14.9. The number of azo groups is 1. The van der Waals surface area contributed by atoms with Crippen LogP contribution in [0.25, 0.3) is 0 Å². The van der Waals surface area contributed by atoms with E-state index in [1.165, 1.54) is 6.07 Å². The van der Waals surface area contributed by atoms with E-state index in [0.29, 0.717) is 42.0 Å². The SMILES string of the molecule is CN(C)c1ccc(N=Nc2ccc(C(=O)NCc3cc(F)c(OCC(=O)C(CCCCN)NC(=O)c4cccc(N)c4)c(F)c3)cc2)cc1. The number of nitrogens with two attached hydrogens (primary N) is 2. The van der Waals surface area contributed by atoms with E-state index in [2.05, 4.69) is 20.9 Å². The summed E-state index contributed by atoms with van der Waals surface area (Å²) in [6.45, 7) is -0.460. The molecule has 1 unspecified atom stereocenters. The van der Waals surface area contributed by atoms with E-state index >= 15 is 0 Å². The Morgan fingerprint density at radius 2 is 1.47 bits per heavy atom. The smallest absolute Gasteiger partial charge is 0.251 e. The van der Waals surface area contributed by atoms with Crippen molar-refractivity contribution >= 4 is 40.3 Å². The maximum absolute atomic E-state index is 14.9. The molecule has 0 heterocycles. The minimum Gasteiger partial charge on any atom is -0.480 e. The standard InChI is InChI=1S/C36H39F2N7O4/c1-45(2)29-15-13-28(14-16-29)44-43-27-11-9-24(10-12-27)35(47)41-21-23-18-30(37)34(31(38)19-23)49-22-33(46)32(8-3-4-17-39)42-36(48)25-6-5-7-26(40)20-25/h5-7,9-16,18-20,32H,3-4,8,17,21-22,39-40H2,1-2H3,(H,41,47)(H,42,48). The lowest BCUT2D eigenvalue weighted by Gasteiger charge is -2.18. The van der Waals surface area contributed by atoms with Crippen LogP contribution >= 0.6 is 0 Å². The van der Waals surface area contributed by atoms with E-state index in [-0.39, 0.29) is 24.1 Å². The van der Waals surface area contributed by atoms with Gasteiger partial charge in [-0.15, -0.1) is 0 Å². The number of carbonyl (C=O) groups is 3. The van der Waals surface area contributed by atoms with Crippen molar-refractivity contribution in [2.45, 2.75) is 31.8 Å². The van der Waals surface area contributed by atoms with Gasteiger partial charge in [-0.1, -0.05) is 6.07 Å². The summed E-state index contributed by atoms with van der Waals surface area (Å²) in [5, 5.41) is 13.7. The van der Waals surface area contributed by atoms with Gasteiger partial charge in [0.25, 0.3) is 11.8 Å². The van der Waals surface area contributed by atoms with Gasteiger partial charge in [-0.05, 0) is 110 Å². The van der Waals surface area contributed by atoms with Gasteiger partial charge in [0.1, 0.15) is 6.61 Å². The third kappa shape index (κ3) is 10.7. The summed E-state index contributed by atoms with van der Waals surface area (Å²) < 4.78 is 35.1. The minimum atomic E-state index is -1.05. The normalized spacial score (nSPS) is 11.6. The predicted octanol–water partition coefficient (Wildman–Crippen LogP) is 5.83. The number of nitrogens with one attached hydrogen (secondary N) is 2. The fourth-order valence-electron chi connectivity index (χ4n) is 4.72. The summed E-state index contributed by atoms with van der Waals surface area (Å²) in [5.74, 6) is -4.40. The number of hydrogen-bond acceptors (Lipinski definition) is 9. The highest BCUT2D eigenvalue weighted by molar-refractivity contribution is 5.98. The maximum Gasteiger partial charge on any atom is 0.251 e. The number of nitrogen functional groups attached to an aromatic ring is 1. The molecule has 4 aromatic carbocycles. The Balaban J connectivity index is 1.31. The van der Waals surface area contributed by atoms with Crippen LogP contribution in [-0.2, 0) is 11.3 Å². The van der Waals surface area contributed by atoms with Crippen molar-refractivity contribution in [3.63, 3.8) is 0 Å². The average Bonchev–Trinajstić information content (AvgIpc) is 3.09. The number of anilines is 2. The first-order valence-corrected chi connectivity index (χ1v) is 15.6. The molecule has 0 spiro atoms. The van der Waals surface area contributed by atoms with Crippen LogP contribution in [0.5, 0.6) is 5.75 Å². The van der Waals surface area contributed by atoms with Crippen molar-refractivity contribution in [2.75, 3.05) is 37.9 Å². The number of halogens is 2. The molecule has 4 aromatic rings. The molecule has 0 aliphatic carbocycles. The Hall–Kier alpha value is -5.69. The molecule has 0 aliphatic heterocycles. The number of Topliss-reactive ketones (excluding diaryl/α,β-unsaturated/α-hetero) is 1. The fourth-order valence-corrected chi connectivity index (χ4v) is 4.72. The van der Waals surface area contributed by atoms with Crippen molar-refractivity contribution in [3.8, 4) is 5.75 Å². The van der Waals surface area contributed by atoms with Crippen LogP contribution in [-0.4, -0.2) is 50.9 Å². The summed E-state index contributed by atoms with van der Waals surface area (Å²) in [7, 11) is 3.89. The van der Waals surface area contributed by atoms with Crippen LogP contribution < -0.4 is 31.7 Å². The third-order valence-corrected chi connectivity index (χ3v) is 7.44. The zero-order valence-electron chi connectivity index (χ0n) is 27.3. The molecule has 0 saturated heterocycles. The van der Waals surface area contributed by atoms with Crippen molar-refractivity contribution in [3.05, 3.63) is 113 Å². The highest BCUT2D eigenvalue weighted by atomic mass is 19.1. The Morgan fingerprint density at radius 1 is 0.837 bits per heavy atom. The number of hydrogen-bond donors (Lipinski definition) is 4. The molecule has 0 fully saturated rings. The molecule has 1 atom stereocenters. The minimum absolute atomic E-state index is 0.141. The zero-order valence-corrected chi connectivity index (χ0v) is 27.3. The Kier molecular flexibility index (Phi) is 12.9. The van der Waals surface area contributed by atoms with Gasteiger partial charge in [0.2, 0.25) is 0 Å². The van der Waals surface area contributed by atoms with E-state index in [9.17, 15) is 23.2 Å². The van der Waals surface area contributed by atoms with Gasteiger partial charge in [0.05, 0.1) is 17.4 Å². The van der Waals surface area contributed by atoms with E-state index in [0.717, 1.165) is 17.8 Å². The number of ether oxygens (including phenoxy) is 1. The van der Waals surface area contributed by atoms with E-state index < -0.39 is 47.6 Å². The highest BCUT2D eigenvalue weighted by Gasteiger charge is 2.23. The van der Waals surface area contributed by atoms with Gasteiger partial charge in [0, 0.05) is 43.1 Å². The molecule has 256 valence electrons. The average molecular weight is 672 g/mol. The van der Waals surface area contributed by atoms with Crippen molar-refractivity contribution in [1.82, 2.24) is 10.6 Å². The Bertz CT molecular complexity index is 1760. The van der Waals surface area contributed by atoms with E-state index in [1.54, 1.807) is 42.5 Å². The van der Waals surface area contributed by atoms with E-state index in [4.69, 9.17) is 16.2 Å². The molecule has 4 rings (SSSR count). The molecule has 0 aliphatic rings. The molecule has 11 nitrogen and oxygen atoms in total. The Labute approximate surface area is 283 Å². The number of benzene rings is 4. The van der Waals surface area contributed by atoms with Gasteiger partial charge in [-0.2, -0.15) is 10.2 Å². The van der Waals surface area contributed by atoms with Crippen LogP contribution in [0.15, 0.2) is 95.2 Å². The molecule has 13 heteroatoms. The first-order valence-electron chi connectivity index (χ1n) is 15.6. The molecule has 0 aromatic heterocycles.